The zero-order valence-corrected chi connectivity index (χ0v) is 13.4. The molecule has 2 aliphatic rings. The normalized spacial score (nSPS) is 25.2. The Hall–Kier alpha value is -2.40. The second kappa shape index (κ2) is 5.66. The molecule has 1 aromatic heterocycles. The van der Waals surface area contributed by atoms with Crippen LogP contribution >= 0.6 is 0 Å². The molecule has 1 spiro atoms. The molecule has 3 rings (SSSR count). The number of aromatic nitrogens is 2. The molecule has 0 bridgehead atoms. The lowest BCUT2D eigenvalue weighted by Crippen LogP contribution is -2.66. The second-order valence-corrected chi connectivity index (χ2v) is 6.25. The first kappa shape index (κ1) is 15.5. The van der Waals surface area contributed by atoms with Gasteiger partial charge in [0, 0.05) is 38.9 Å². The predicted molar refractivity (Wildman–Crippen MR) is 81.4 cm³/mol. The number of hydrogen-bond acceptors (Lipinski definition) is 5. The van der Waals surface area contributed by atoms with Gasteiger partial charge in [-0.15, -0.1) is 0 Å². The summed E-state index contributed by atoms with van der Waals surface area (Å²) in [6.45, 7) is 4.09. The van der Waals surface area contributed by atoms with Crippen LogP contribution in [-0.2, 0) is 4.79 Å². The Kier molecular flexibility index (Phi) is 3.82. The standard InChI is InChI=1S/C15H20N6O2/c1-11-9-12(18-17-11)13(22)20-5-3-15(10-20)14(23)19(2)7-8-21(15)6-4-16/h9H,3,5-8,10H2,1-2H3,(H,17,18)/t15-/m1/s1. The van der Waals surface area contributed by atoms with Crippen LogP contribution in [0.3, 0.4) is 0 Å². The summed E-state index contributed by atoms with van der Waals surface area (Å²) in [7, 11) is 1.77. The van der Waals surface area contributed by atoms with E-state index in [1.165, 1.54) is 0 Å². The van der Waals surface area contributed by atoms with E-state index in [0.29, 0.717) is 38.3 Å². The highest BCUT2D eigenvalue weighted by atomic mass is 16.2. The minimum Gasteiger partial charge on any atom is -0.343 e. The van der Waals surface area contributed by atoms with Crippen LogP contribution in [0.15, 0.2) is 6.07 Å². The Morgan fingerprint density at radius 1 is 1.48 bits per heavy atom. The van der Waals surface area contributed by atoms with E-state index in [1.54, 1.807) is 22.9 Å². The molecule has 3 heterocycles. The third-order valence-electron chi connectivity index (χ3n) is 4.78. The van der Waals surface area contributed by atoms with E-state index in [2.05, 4.69) is 16.3 Å². The van der Waals surface area contributed by atoms with Crippen molar-refractivity contribution in [3.8, 4) is 6.07 Å². The van der Waals surface area contributed by atoms with Crippen LogP contribution in [0.5, 0.6) is 0 Å². The van der Waals surface area contributed by atoms with Crippen LogP contribution < -0.4 is 0 Å². The molecular weight excluding hydrogens is 296 g/mol. The monoisotopic (exact) mass is 316 g/mol. The van der Waals surface area contributed by atoms with Gasteiger partial charge >= 0.3 is 0 Å². The van der Waals surface area contributed by atoms with Crippen molar-refractivity contribution < 1.29 is 9.59 Å². The average molecular weight is 316 g/mol. The van der Waals surface area contributed by atoms with Crippen LogP contribution in [0.2, 0.25) is 0 Å². The van der Waals surface area contributed by atoms with Crippen molar-refractivity contribution in [1.82, 2.24) is 24.9 Å². The number of nitriles is 1. The molecule has 0 aromatic carbocycles. The van der Waals surface area contributed by atoms with E-state index in [1.807, 2.05) is 11.8 Å². The maximum absolute atomic E-state index is 12.8. The fourth-order valence-corrected chi connectivity index (χ4v) is 3.48. The summed E-state index contributed by atoms with van der Waals surface area (Å²) in [6, 6.07) is 3.84. The van der Waals surface area contributed by atoms with Crippen LogP contribution in [0.1, 0.15) is 22.6 Å². The summed E-state index contributed by atoms with van der Waals surface area (Å²) in [5, 5.41) is 15.8. The molecular formula is C15H20N6O2. The van der Waals surface area contributed by atoms with Gasteiger partial charge in [0.05, 0.1) is 12.6 Å². The summed E-state index contributed by atoms with van der Waals surface area (Å²) in [5.74, 6) is -0.184. The van der Waals surface area contributed by atoms with Gasteiger partial charge in [0.2, 0.25) is 5.91 Å². The molecule has 2 fully saturated rings. The lowest BCUT2D eigenvalue weighted by atomic mass is 9.91. The van der Waals surface area contributed by atoms with Gasteiger partial charge in [0.1, 0.15) is 11.2 Å². The summed E-state index contributed by atoms with van der Waals surface area (Å²) in [5.41, 5.74) is 0.411. The predicted octanol–water partition coefficient (Wildman–Crippen LogP) is -0.400. The Bertz CT molecular complexity index is 678. The minimum atomic E-state index is -0.774. The first-order valence-electron chi connectivity index (χ1n) is 7.67. The molecule has 0 radical (unpaired) electrons. The maximum atomic E-state index is 12.8. The van der Waals surface area contributed by atoms with Gasteiger partial charge in [-0.2, -0.15) is 10.4 Å². The third kappa shape index (κ3) is 2.47. The molecule has 1 N–H and O–H groups in total. The van der Waals surface area contributed by atoms with Gasteiger partial charge in [-0.05, 0) is 19.4 Å². The van der Waals surface area contributed by atoms with Crippen molar-refractivity contribution in [2.75, 3.05) is 39.8 Å². The number of nitrogens with zero attached hydrogens (tertiary/aromatic N) is 5. The summed E-state index contributed by atoms with van der Waals surface area (Å²) >= 11 is 0. The molecule has 2 aliphatic heterocycles. The molecule has 1 aromatic rings. The lowest BCUT2D eigenvalue weighted by Gasteiger charge is -2.45. The fourth-order valence-electron chi connectivity index (χ4n) is 3.48. The van der Waals surface area contributed by atoms with Crippen molar-refractivity contribution in [2.45, 2.75) is 18.9 Å². The topological polar surface area (TPSA) is 96.3 Å². The van der Waals surface area contributed by atoms with E-state index in [9.17, 15) is 9.59 Å². The van der Waals surface area contributed by atoms with E-state index in [0.717, 1.165) is 5.69 Å². The highest BCUT2D eigenvalue weighted by Gasteiger charge is 2.53. The van der Waals surface area contributed by atoms with Gasteiger partial charge in [-0.1, -0.05) is 0 Å². The second-order valence-electron chi connectivity index (χ2n) is 6.25. The number of nitrogens with one attached hydrogen (secondary N) is 1. The molecule has 2 amide bonds. The Morgan fingerprint density at radius 2 is 2.26 bits per heavy atom. The van der Waals surface area contributed by atoms with Crippen LogP contribution in [0.4, 0.5) is 0 Å². The van der Waals surface area contributed by atoms with Crippen LogP contribution in [0.25, 0.3) is 0 Å². The van der Waals surface area contributed by atoms with Gasteiger partial charge in [0.15, 0.2) is 0 Å². The molecule has 8 heteroatoms. The van der Waals surface area contributed by atoms with E-state index in [-0.39, 0.29) is 18.4 Å². The Morgan fingerprint density at radius 3 is 2.91 bits per heavy atom. The number of likely N-dealkylation sites (tertiary alicyclic amines) is 1. The number of aromatic amines is 1. The molecule has 2 saturated heterocycles. The lowest BCUT2D eigenvalue weighted by molar-refractivity contribution is -0.148. The molecule has 1 atom stereocenters. The van der Waals surface area contributed by atoms with E-state index >= 15 is 0 Å². The summed E-state index contributed by atoms with van der Waals surface area (Å²) < 4.78 is 0. The first-order chi connectivity index (χ1) is 11.0. The van der Waals surface area contributed by atoms with Crippen molar-refractivity contribution in [2.24, 2.45) is 0 Å². The zero-order valence-electron chi connectivity index (χ0n) is 13.4. The maximum Gasteiger partial charge on any atom is 0.274 e. The number of aryl methyl sites for hydroxylation is 1. The molecule has 23 heavy (non-hydrogen) atoms. The number of rotatable bonds is 2. The van der Waals surface area contributed by atoms with E-state index < -0.39 is 5.54 Å². The minimum absolute atomic E-state index is 0.00694. The van der Waals surface area contributed by atoms with Crippen molar-refractivity contribution in [1.29, 1.82) is 5.26 Å². The van der Waals surface area contributed by atoms with Gasteiger partial charge in [-0.3, -0.25) is 19.6 Å². The third-order valence-corrected chi connectivity index (χ3v) is 4.78. The molecule has 0 unspecified atom stereocenters. The van der Waals surface area contributed by atoms with Crippen molar-refractivity contribution in [3.05, 3.63) is 17.5 Å². The van der Waals surface area contributed by atoms with Crippen molar-refractivity contribution in [3.63, 3.8) is 0 Å². The number of hydrogen-bond donors (Lipinski definition) is 1. The number of amides is 2. The number of likely N-dealkylation sites (N-methyl/N-ethyl adjacent to an activating group) is 1. The van der Waals surface area contributed by atoms with E-state index in [4.69, 9.17) is 5.26 Å². The number of piperazine rings is 1. The summed E-state index contributed by atoms with van der Waals surface area (Å²) in [6.07, 6.45) is 0.549. The Labute approximate surface area is 134 Å². The molecule has 122 valence electrons. The van der Waals surface area contributed by atoms with Crippen molar-refractivity contribution >= 4 is 11.8 Å². The zero-order chi connectivity index (χ0) is 16.6. The molecule has 0 saturated carbocycles. The van der Waals surface area contributed by atoms with Crippen LogP contribution in [-0.4, -0.2) is 82.0 Å². The highest BCUT2D eigenvalue weighted by Crippen LogP contribution is 2.33. The number of H-pyrrole nitrogens is 1. The molecule has 0 aliphatic carbocycles. The highest BCUT2D eigenvalue weighted by molar-refractivity contribution is 5.95. The van der Waals surface area contributed by atoms with Gasteiger partial charge in [0.25, 0.3) is 5.91 Å². The Balaban J connectivity index is 1.84. The molecule has 8 nitrogen and oxygen atoms in total. The number of carbonyl (C=O) groups excluding carboxylic acids is 2. The van der Waals surface area contributed by atoms with Gasteiger partial charge in [-0.25, -0.2) is 0 Å². The first-order valence-corrected chi connectivity index (χ1v) is 7.67. The summed E-state index contributed by atoms with van der Waals surface area (Å²) in [4.78, 5) is 30.6. The van der Waals surface area contributed by atoms with Gasteiger partial charge < -0.3 is 9.80 Å². The largest absolute Gasteiger partial charge is 0.343 e. The fraction of sp³-hybridized carbons (Fsp3) is 0.600. The SMILES string of the molecule is Cc1cc(C(=O)N2CC[C@@]3(C2)C(=O)N(C)CCN3CC#N)n[nH]1. The number of carbonyl (C=O) groups is 2. The van der Waals surface area contributed by atoms with Crippen LogP contribution in [0, 0.1) is 18.3 Å². The smallest absolute Gasteiger partial charge is 0.274 e. The quantitative estimate of drug-likeness (QED) is 0.749. The average Bonchev–Trinajstić information content (AvgIpc) is 3.15.